The number of anilines is 1. The van der Waals surface area contributed by atoms with Crippen LogP contribution in [0.4, 0.5) is 5.13 Å². The molecule has 2 aromatic rings. The molecule has 2 aromatic heterocycles. The Labute approximate surface area is 112 Å². The van der Waals surface area contributed by atoms with E-state index in [0.29, 0.717) is 10.9 Å². The molecule has 2 N–H and O–H groups in total. The van der Waals surface area contributed by atoms with Crippen LogP contribution in [-0.2, 0) is 4.74 Å². The number of methoxy groups -OCH3 is 1. The molecule has 0 unspecified atom stereocenters. The fourth-order valence-electron chi connectivity index (χ4n) is 1.26. The van der Waals surface area contributed by atoms with Crippen molar-refractivity contribution in [1.29, 1.82) is 0 Å². The monoisotopic (exact) mass is 285 g/mol. The van der Waals surface area contributed by atoms with Crippen LogP contribution in [0.3, 0.4) is 0 Å². The third-order valence-electron chi connectivity index (χ3n) is 2.11. The molecule has 2 rings (SSSR count). The van der Waals surface area contributed by atoms with Crippen molar-refractivity contribution >= 4 is 34.2 Å². The number of hydrogen-bond donors (Lipinski definition) is 1. The molecule has 1 atom stereocenters. The summed E-state index contributed by atoms with van der Waals surface area (Å²) in [5, 5.41) is 8.08. The van der Waals surface area contributed by atoms with E-state index in [2.05, 4.69) is 14.9 Å². The second-order valence-corrected chi connectivity index (χ2v) is 5.96. The quantitative estimate of drug-likeness (QED) is 0.681. The van der Waals surface area contributed by atoms with E-state index in [1.54, 1.807) is 12.1 Å². The van der Waals surface area contributed by atoms with Crippen LogP contribution in [0, 0.1) is 0 Å². The number of nitrogens with two attached hydrogens (primary N) is 1. The predicted octanol–water partition coefficient (Wildman–Crippen LogP) is 2.35. The summed E-state index contributed by atoms with van der Waals surface area (Å²) >= 11 is 2.78. The minimum absolute atomic E-state index is 0.00996. The lowest BCUT2D eigenvalue weighted by atomic mass is 10.3. The molecule has 8 heteroatoms. The summed E-state index contributed by atoms with van der Waals surface area (Å²) in [6.07, 6.45) is 0. The van der Waals surface area contributed by atoms with Gasteiger partial charge in [-0.2, -0.15) is 0 Å². The van der Waals surface area contributed by atoms with E-state index < -0.39 is 5.97 Å². The standard InChI is InChI=1S/C10H11N3O3S2/c1-5(17-10-13-12-9(11)18-10)6-3-4-7(16-6)8(14)15-2/h3-5H,1-2H3,(H2,11,12)/t5-/m1/s1. The molecule has 0 aliphatic rings. The maximum Gasteiger partial charge on any atom is 0.373 e. The molecular weight excluding hydrogens is 274 g/mol. The van der Waals surface area contributed by atoms with Crippen LogP contribution in [0.25, 0.3) is 0 Å². The van der Waals surface area contributed by atoms with Gasteiger partial charge in [0.1, 0.15) is 5.76 Å². The highest BCUT2D eigenvalue weighted by Crippen LogP contribution is 2.37. The summed E-state index contributed by atoms with van der Waals surface area (Å²) in [5.41, 5.74) is 5.50. The van der Waals surface area contributed by atoms with Crippen molar-refractivity contribution in [3.05, 3.63) is 23.7 Å². The lowest BCUT2D eigenvalue weighted by molar-refractivity contribution is 0.0563. The number of rotatable bonds is 4. The van der Waals surface area contributed by atoms with Crippen molar-refractivity contribution in [2.24, 2.45) is 0 Å². The number of aromatic nitrogens is 2. The van der Waals surface area contributed by atoms with Gasteiger partial charge in [0, 0.05) is 0 Å². The summed E-state index contributed by atoms with van der Waals surface area (Å²) < 4.78 is 10.7. The van der Waals surface area contributed by atoms with Crippen LogP contribution in [0.15, 0.2) is 20.9 Å². The van der Waals surface area contributed by atoms with Crippen LogP contribution in [0.1, 0.15) is 28.5 Å². The van der Waals surface area contributed by atoms with Gasteiger partial charge in [0.05, 0.1) is 12.4 Å². The molecule has 0 aliphatic heterocycles. The van der Waals surface area contributed by atoms with Crippen molar-refractivity contribution < 1.29 is 13.9 Å². The van der Waals surface area contributed by atoms with Gasteiger partial charge in [-0.1, -0.05) is 23.1 Å². The lowest BCUT2D eigenvalue weighted by Gasteiger charge is -2.04. The molecule has 0 saturated carbocycles. The maximum absolute atomic E-state index is 11.3. The largest absolute Gasteiger partial charge is 0.463 e. The average Bonchev–Trinajstić information content (AvgIpc) is 2.97. The van der Waals surface area contributed by atoms with Crippen molar-refractivity contribution in [1.82, 2.24) is 10.2 Å². The fourth-order valence-corrected chi connectivity index (χ4v) is 3.12. The van der Waals surface area contributed by atoms with Crippen LogP contribution < -0.4 is 5.73 Å². The number of nitrogens with zero attached hydrogens (tertiary/aromatic N) is 2. The summed E-state index contributed by atoms with van der Waals surface area (Å²) in [7, 11) is 1.31. The van der Waals surface area contributed by atoms with Gasteiger partial charge in [-0.25, -0.2) is 4.79 Å². The van der Waals surface area contributed by atoms with E-state index in [4.69, 9.17) is 10.2 Å². The zero-order chi connectivity index (χ0) is 13.1. The number of esters is 1. The number of nitrogen functional groups attached to an aromatic ring is 1. The van der Waals surface area contributed by atoms with Crippen molar-refractivity contribution in [3.8, 4) is 0 Å². The Balaban J connectivity index is 2.07. The number of furan rings is 1. The Kier molecular flexibility index (Phi) is 3.87. The van der Waals surface area contributed by atoms with Gasteiger partial charge >= 0.3 is 5.97 Å². The third kappa shape index (κ3) is 2.82. The number of hydrogen-bond acceptors (Lipinski definition) is 8. The van der Waals surface area contributed by atoms with Gasteiger partial charge in [0.15, 0.2) is 4.34 Å². The lowest BCUT2D eigenvalue weighted by Crippen LogP contribution is -1.98. The van der Waals surface area contributed by atoms with E-state index in [-0.39, 0.29) is 11.0 Å². The third-order valence-corrected chi connectivity index (χ3v) is 4.07. The molecule has 2 heterocycles. The minimum atomic E-state index is -0.487. The SMILES string of the molecule is COC(=O)c1ccc([C@@H](C)Sc2nnc(N)s2)o1. The van der Waals surface area contributed by atoms with Crippen LogP contribution in [0.5, 0.6) is 0 Å². The minimum Gasteiger partial charge on any atom is -0.463 e. The van der Waals surface area contributed by atoms with Gasteiger partial charge in [-0.15, -0.1) is 10.2 Å². The maximum atomic E-state index is 11.3. The van der Waals surface area contributed by atoms with E-state index in [1.807, 2.05) is 6.92 Å². The average molecular weight is 285 g/mol. The Morgan fingerprint density at radius 1 is 1.56 bits per heavy atom. The summed E-state index contributed by atoms with van der Waals surface area (Å²) in [6, 6.07) is 3.33. The number of carbonyl (C=O) groups excluding carboxylic acids is 1. The number of carbonyl (C=O) groups is 1. The predicted molar refractivity (Wildman–Crippen MR) is 68.6 cm³/mol. The van der Waals surface area contributed by atoms with Crippen LogP contribution in [0.2, 0.25) is 0 Å². The van der Waals surface area contributed by atoms with E-state index in [1.165, 1.54) is 30.2 Å². The van der Waals surface area contributed by atoms with Gasteiger partial charge < -0.3 is 14.9 Å². The summed E-state index contributed by atoms with van der Waals surface area (Å²) in [5.74, 6) is 0.379. The molecular formula is C10H11N3O3S2. The van der Waals surface area contributed by atoms with Gasteiger partial charge in [-0.3, -0.25) is 0 Å². The molecule has 6 nitrogen and oxygen atoms in total. The van der Waals surface area contributed by atoms with E-state index in [0.717, 1.165) is 4.34 Å². The van der Waals surface area contributed by atoms with Crippen molar-refractivity contribution in [2.75, 3.05) is 12.8 Å². The molecule has 0 fully saturated rings. The van der Waals surface area contributed by atoms with Gasteiger partial charge in [0.25, 0.3) is 0 Å². The van der Waals surface area contributed by atoms with Crippen LogP contribution in [-0.4, -0.2) is 23.3 Å². The first-order valence-corrected chi connectivity index (χ1v) is 6.73. The second kappa shape index (κ2) is 5.40. The molecule has 0 aliphatic carbocycles. The Morgan fingerprint density at radius 3 is 2.94 bits per heavy atom. The first-order chi connectivity index (χ1) is 8.60. The van der Waals surface area contributed by atoms with Crippen molar-refractivity contribution in [2.45, 2.75) is 16.5 Å². The molecule has 0 saturated heterocycles. The Bertz CT molecular complexity index is 552. The first kappa shape index (κ1) is 12.9. The molecule has 0 radical (unpaired) electrons. The molecule has 96 valence electrons. The highest BCUT2D eigenvalue weighted by molar-refractivity contribution is 8.01. The van der Waals surface area contributed by atoms with E-state index in [9.17, 15) is 4.79 Å². The zero-order valence-corrected chi connectivity index (χ0v) is 11.4. The summed E-state index contributed by atoms with van der Waals surface area (Å²) in [6.45, 7) is 1.95. The molecule has 0 aromatic carbocycles. The topological polar surface area (TPSA) is 91.2 Å². The van der Waals surface area contributed by atoms with Gasteiger partial charge in [-0.05, 0) is 19.1 Å². The Morgan fingerprint density at radius 2 is 2.33 bits per heavy atom. The van der Waals surface area contributed by atoms with Gasteiger partial charge in [0.2, 0.25) is 10.9 Å². The van der Waals surface area contributed by atoms with Crippen molar-refractivity contribution in [3.63, 3.8) is 0 Å². The molecule has 18 heavy (non-hydrogen) atoms. The number of ether oxygens (including phenoxy) is 1. The molecule has 0 amide bonds. The van der Waals surface area contributed by atoms with Crippen LogP contribution >= 0.6 is 23.1 Å². The summed E-state index contributed by atoms with van der Waals surface area (Å²) in [4.78, 5) is 11.3. The van der Waals surface area contributed by atoms with E-state index >= 15 is 0 Å². The normalized spacial score (nSPS) is 12.3. The zero-order valence-electron chi connectivity index (χ0n) is 9.75. The second-order valence-electron chi connectivity index (χ2n) is 3.36. The number of thioether (sulfide) groups is 1. The molecule has 0 spiro atoms. The Hall–Kier alpha value is -1.54. The highest BCUT2D eigenvalue weighted by Gasteiger charge is 2.17. The first-order valence-electron chi connectivity index (χ1n) is 5.04. The smallest absolute Gasteiger partial charge is 0.373 e. The molecule has 0 bridgehead atoms. The fraction of sp³-hybridized carbons (Fsp3) is 0.300. The highest BCUT2D eigenvalue weighted by atomic mass is 32.2.